The molecule has 4 aliphatic rings. The van der Waals surface area contributed by atoms with Crippen molar-refractivity contribution in [3.8, 4) is 0 Å². The van der Waals surface area contributed by atoms with E-state index >= 15 is 0 Å². The van der Waals surface area contributed by atoms with E-state index < -0.39 is 35.5 Å². The first-order valence-electron chi connectivity index (χ1n) is 13.1. The second kappa shape index (κ2) is 8.73. The van der Waals surface area contributed by atoms with Crippen molar-refractivity contribution < 1.29 is 31.9 Å². The number of carbonyl (C=O) groups is 1. The number of ketones is 1. The first-order valence-corrected chi connectivity index (χ1v) is 13.1. The molecule has 2 unspecified atom stereocenters. The number of carbonyl (C=O) groups excluding carboxylic acids is 1. The number of halogens is 5. The van der Waals surface area contributed by atoms with E-state index in [-0.39, 0.29) is 30.5 Å². The quantitative estimate of drug-likeness (QED) is 0.454. The molecule has 5 atom stereocenters. The summed E-state index contributed by atoms with van der Waals surface area (Å²) in [5.74, 6) is -5.92. The molecule has 0 bridgehead atoms. The molecule has 0 aromatic heterocycles. The van der Waals surface area contributed by atoms with Crippen molar-refractivity contribution in [2.24, 2.45) is 17.3 Å². The van der Waals surface area contributed by atoms with E-state index in [1.165, 1.54) is 6.92 Å². The largest absolute Gasteiger partial charge is 0.456 e. The summed E-state index contributed by atoms with van der Waals surface area (Å²) in [6.07, 6.45) is -2.64. The Morgan fingerprint density at radius 1 is 1.03 bits per heavy atom. The van der Waals surface area contributed by atoms with Crippen LogP contribution in [0.15, 0.2) is 47.1 Å². The Morgan fingerprint density at radius 3 is 2.32 bits per heavy atom. The maximum atomic E-state index is 14.7. The zero-order chi connectivity index (χ0) is 27.0. The second-order valence-corrected chi connectivity index (χ2v) is 12.0. The molecule has 1 aromatic rings. The van der Waals surface area contributed by atoms with E-state index in [2.05, 4.69) is 17.0 Å². The second-order valence-electron chi connectivity index (χ2n) is 12.0. The molecule has 0 amide bonds. The normalized spacial score (nSPS) is 34.3. The van der Waals surface area contributed by atoms with Crippen LogP contribution in [0.4, 0.5) is 22.0 Å². The minimum atomic E-state index is -5.81. The molecule has 0 aliphatic heterocycles. The van der Waals surface area contributed by atoms with Crippen molar-refractivity contribution in [1.29, 1.82) is 0 Å². The first kappa shape index (κ1) is 26.5. The maximum absolute atomic E-state index is 14.7. The number of hydrogen-bond acceptors (Lipinski definition) is 3. The van der Waals surface area contributed by atoms with Crippen molar-refractivity contribution in [2.45, 2.75) is 82.0 Å². The molecule has 1 aromatic carbocycles. The summed E-state index contributed by atoms with van der Waals surface area (Å²) < 4.78 is 69.7. The Balaban J connectivity index is 1.54. The van der Waals surface area contributed by atoms with Gasteiger partial charge < -0.3 is 10.0 Å². The highest BCUT2D eigenvalue weighted by Gasteiger charge is 2.78. The predicted octanol–water partition coefficient (Wildman–Crippen LogP) is 6.58. The van der Waals surface area contributed by atoms with E-state index in [9.17, 15) is 31.9 Å². The Labute approximate surface area is 214 Å². The van der Waals surface area contributed by atoms with E-state index in [0.29, 0.717) is 25.7 Å². The Hall–Kier alpha value is -2.06. The van der Waals surface area contributed by atoms with Crippen LogP contribution < -0.4 is 0 Å². The third-order valence-corrected chi connectivity index (χ3v) is 9.69. The highest BCUT2D eigenvalue weighted by molar-refractivity contribution is 5.94. The lowest BCUT2D eigenvalue weighted by atomic mass is 9.53. The minimum Gasteiger partial charge on any atom is -0.383 e. The van der Waals surface area contributed by atoms with Crippen molar-refractivity contribution in [3.05, 3.63) is 58.2 Å². The molecular formula is C29H34F5NO2. The summed E-state index contributed by atoms with van der Waals surface area (Å²) in [6.45, 7) is 2.22. The molecule has 202 valence electrons. The number of aliphatic hydroxyl groups is 1. The van der Waals surface area contributed by atoms with Gasteiger partial charge >= 0.3 is 12.1 Å². The van der Waals surface area contributed by atoms with Gasteiger partial charge in [0, 0.05) is 24.3 Å². The lowest BCUT2D eigenvalue weighted by molar-refractivity contribution is -0.362. The van der Waals surface area contributed by atoms with Crippen molar-refractivity contribution in [1.82, 2.24) is 4.90 Å². The fraction of sp³-hybridized carbons (Fsp3) is 0.621. The summed E-state index contributed by atoms with van der Waals surface area (Å²) in [4.78, 5) is 14.7. The van der Waals surface area contributed by atoms with Crippen LogP contribution >= 0.6 is 0 Å². The molecule has 8 heteroatoms. The molecule has 37 heavy (non-hydrogen) atoms. The van der Waals surface area contributed by atoms with Gasteiger partial charge in [-0.05, 0) is 92.8 Å². The molecule has 2 fully saturated rings. The first-order chi connectivity index (χ1) is 17.2. The third kappa shape index (κ3) is 3.92. The highest BCUT2D eigenvalue weighted by Crippen LogP contribution is 2.68. The summed E-state index contributed by atoms with van der Waals surface area (Å²) in [5.41, 5.74) is 0.641. The Bertz CT molecular complexity index is 1150. The number of alkyl halides is 5. The number of fused-ring (bicyclic) bond motifs is 4. The van der Waals surface area contributed by atoms with Gasteiger partial charge in [-0.2, -0.15) is 22.0 Å². The van der Waals surface area contributed by atoms with E-state index in [1.54, 1.807) is 6.08 Å². The summed E-state index contributed by atoms with van der Waals surface area (Å²) in [6, 6.07) is 8.19. The van der Waals surface area contributed by atoms with Gasteiger partial charge in [0.2, 0.25) is 0 Å². The zero-order valence-electron chi connectivity index (χ0n) is 21.5. The molecule has 1 N–H and O–H groups in total. The van der Waals surface area contributed by atoms with Crippen molar-refractivity contribution >= 4 is 5.78 Å². The standard InChI is InChI=1S/C29H34F5NO2/c1-26-12-10-22-21(24(26)11-13-27(26,37)28(30,31)29(32,33)34)9-8-19-14-20(36)15-23(25(19)22)18-6-4-17(5-7-18)16-35(2)3/h4-7,14,21,23-24,37H,8-13,15-16H2,1-3H3/t21-,23?,24+,26+,27?/m1/s1. The van der Waals surface area contributed by atoms with Crippen LogP contribution in [0.5, 0.6) is 0 Å². The number of benzene rings is 1. The topological polar surface area (TPSA) is 40.5 Å². The maximum Gasteiger partial charge on any atom is 0.456 e. The van der Waals surface area contributed by atoms with Gasteiger partial charge in [0.15, 0.2) is 5.78 Å². The molecule has 3 nitrogen and oxygen atoms in total. The Kier molecular flexibility index (Phi) is 6.26. The van der Waals surface area contributed by atoms with Crippen LogP contribution in [0.2, 0.25) is 0 Å². The van der Waals surface area contributed by atoms with Crippen LogP contribution in [-0.4, -0.2) is 47.6 Å². The van der Waals surface area contributed by atoms with Gasteiger partial charge in [0.1, 0.15) is 5.60 Å². The molecule has 0 spiro atoms. The zero-order valence-corrected chi connectivity index (χ0v) is 21.5. The molecular weight excluding hydrogens is 489 g/mol. The highest BCUT2D eigenvalue weighted by atomic mass is 19.4. The van der Waals surface area contributed by atoms with Crippen molar-refractivity contribution in [3.63, 3.8) is 0 Å². The lowest BCUT2D eigenvalue weighted by Crippen LogP contribution is -2.64. The smallest absolute Gasteiger partial charge is 0.383 e. The van der Waals surface area contributed by atoms with Gasteiger partial charge in [0.25, 0.3) is 0 Å². The van der Waals surface area contributed by atoms with Gasteiger partial charge in [-0.1, -0.05) is 36.8 Å². The molecule has 0 saturated heterocycles. The van der Waals surface area contributed by atoms with E-state index in [4.69, 9.17) is 0 Å². The number of hydrogen-bond donors (Lipinski definition) is 1. The SMILES string of the molecule is CN(C)Cc1ccc(C2CC(=O)C=C3CC[C@@H]4C(=C32)CC[C@@]2(C)[C@H]4CCC2(O)C(F)(F)C(F)(F)F)cc1. The number of rotatable bonds is 4. The van der Waals surface area contributed by atoms with Gasteiger partial charge in [-0.15, -0.1) is 0 Å². The summed E-state index contributed by atoms with van der Waals surface area (Å²) in [5, 5.41) is 11.0. The van der Waals surface area contributed by atoms with Crippen LogP contribution in [-0.2, 0) is 11.3 Å². The van der Waals surface area contributed by atoms with E-state index in [0.717, 1.165) is 34.4 Å². The molecule has 0 heterocycles. The number of allylic oxidation sites excluding steroid dienone is 4. The Morgan fingerprint density at radius 2 is 1.70 bits per heavy atom. The van der Waals surface area contributed by atoms with Gasteiger partial charge in [0.05, 0.1) is 0 Å². The molecule has 0 radical (unpaired) electrons. The summed E-state index contributed by atoms with van der Waals surface area (Å²) >= 11 is 0. The van der Waals surface area contributed by atoms with Gasteiger partial charge in [-0.3, -0.25) is 4.79 Å². The van der Waals surface area contributed by atoms with Crippen LogP contribution in [0.3, 0.4) is 0 Å². The van der Waals surface area contributed by atoms with E-state index in [1.807, 2.05) is 26.2 Å². The lowest BCUT2D eigenvalue weighted by Gasteiger charge is -2.53. The fourth-order valence-electron chi connectivity index (χ4n) is 7.91. The molecule has 4 aliphatic carbocycles. The van der Waals surface area contributed by atoms with Crippen LogP contribution in [0, 0.1) is 17.3 Å². The van der Waals surface area contributed by atoms with Crippen LogP contribution in [0.1, 0.15) is 68.9 Å². The minimum absolute atomic E-state index is 0.0564. The average Bonchev–Trinajstić information content (AvgIpc) is 3.10. The fourth-order valence-corrected chi connectivity index (χ4v) is 7.91. The van der Waals surface area contributed by atoms with Gasteiger partial charge in [-0.25, -0.2) is 0 Å². The molecule has 5 rings (SSSR count). The number of nitrogens with zero attached hydrogens (tertiary/aromatic N) is 1. The molecule has 2 saturated carbocycles. The van der Waals surface area contributed by atoms with Crippen molar-refractivity contribution in [2.75, 3.05) is 14.1 Å². The predicted molar refractivity (Wildman–Crippen MR) is 130 cm³/mol. The average molecular weight is 524 g/mol. The summed E-state index contributed by atoms with van der Waals surface area (Å²) in [7, 11) is 3.98. The monoisotopic (exact) mass is 523 g/mol. The third-order valence-electron chi connectivity index (χ3n) is 9.69. The van der Waals surface area contributed by atoms with Crippen LogP contribution in [0.25, 0.3) is 0 Å².